The first-order chi connectivity index (χ1) is 7.24. The first kappa shape index (κ1) is 10.4. The Morgan fingerprint density at radius 2 is 2.20 bits per heavy atom. The third-order valence-electron chi connectivity index (χ3n) is 2.39. The van der Waals surface area contributed by atoms with E-state index in [0.717, 1.165) is 24.1 Å². The number of hydrogen-bond acceptors (Lipinski definition) is 3. The van der Waals surface area contributed by atoms with Gasteiger partial charge in [0, 0.05) is 18.6 Å². The van der Waals surface area contributed by atoms with Crippen molar-refractivity contribution >= 4 is 5.82 Å². The molecule has 3 heteroatoms. The molecule has 1 aliphatic carbocycles. The summed E-state index contributed by atoms with van der Waals surface area (Å²) in [6.07, 6.45) is 2.65. The van der Waals surface area contributed by atoms with Crippen LogP contribution >= 0.6 is 0 Å². The highest BCUT2D eigenvalue weighted by atomic mass is 15.0. The Kier molecular flexibility index (Phi) is 3.21. The number of aromatic nitrogens is 1. The molecule has 1 aromatic heterocycles. The fourth-order valence-corrected chi connectivity index (χ4v) is 1.49. The fourth-order valence-electron chi connectivity index (χ4n) is 1.49. The maximum atomic E-state index is 4.54. The summed E-state index contributed by atoms with van der Waals surface area (Å²) in [5.41, 5.74) is 1.12. The number of rotatable bonds is 5. The highest BCUT2D eigenvalue weighted by Crippen LogP contribution is 2.19. The second kappa shape index (κ2) is 4.62. The minimum Gasteiger partial charge on any atom is -0.368 e. The average Bonchev–Trinajstić information content (AvgIpc) is 2.97. The van der Waals surface area contributed by atoms with Gasteiger partial charge in [0.2, 0.25) is 0 Å². The first-order valence-corrected chi connectivity index (χ1v) is 5.70. The van der Waals surface area contributed by atoms with E-state index < -0.39 is 0 Å². The van der Waals surface area contributed by atoms with Crippen molar-refractivity contribution in [3.8, 4) is 0 Å². The van der Waals surface area contributed by atoms with Crippen LogP contribution in [-0.4, -0.2) is 17.1 Å². The lowest BCUT2D eigenvalue weighted by atomic mass is 10.3. The van der Waals surface area contributed by atoms with Crippen molar-refractivity contribution in [3.63, 3.8) is 0 Å². The molecule has 0 amide bonds. The van der Waals surface area contributed by atoms with E-state index >= 15 is 0 Å². The molecule has 1 aromatic rings. The molecule has 1 heterocycles. The van der Waals surface area contributed by atoms with E-state index in [1.54, 1.807) is 0 Å². The molecule has 0 unspecified atom stereocenters. The maximum absolute atomic E-state index is 4.54. The lowest BCUT2D eigenvalue weighted by molar-refractivity contribution is 0.674. The van der Waals surface area contributed by atoms with E-state index in [2.05, 4.69) is 41.6 Å². The van der Waals surface area contributed by atoms with Crippen molar-refractivity contribution in [3.05, 3.63) is 23.9 Å². The molecule has 15 heavy (non-hydrogen) atoms. The Hall–Kier alpha value is -1.09. The van der Waals surface area contributed by atoms with Crippen molar-refractivity contribution in [2.24, 2.45) is 0 Å². The molecule has 0 saturated heterocycles. The van der Waals surface area contributed by atoms with Gasteiger partial charge in [-0.15, -0.1) is 0 Å². The van der Waals surface area contributed by atoms with E-state index in [4.69, 9.17) is 0 Å². The van der Waals surface area contributed by atoms with Crippen LogP contribution in [0.25, 0.3) is 0 Å². The van der Waals surface area contributed by atoms with Crippen molar-refractivity contribution in [1.29, 1.82) is 0 Å². The molecule has 0 atom stereocenters. The van der Waals surface area contributed by atoms with Crippen LogP contribution in [0.5, 0.6) is 0 Å². The number of nitrogens with one attached hydrogen (secondary N) is 2. The molecular formula is C12H19N3. The predicted octanol–water partition coefficient (Wildman–Crippen LogP) is 2.15. The zero-order chi connectivity index (χ0) is 10.7. The summed E-state index contributed by atoms with van der Waals surface area (Å²) in [6, 6.07) is 7.32. The summed E-state index contributed by atoms with van der Waals surface area (Å²) in [5, 5.41) is 6.77. The third-order valence-corrected chi connectivity index (χ3v) is 2.39. The van der Waals surface area contributed by atoms with Gasteiger partial charge in [-0.3, -0.25) is 0 Å². The largest absolute Gasteiger partial charge is 0.368 e. The standard InChI is InChI=1S/C12H19N3/c1-9(2)14-12-5-3-4-11(15-12)8-13-10-6-7-10/h3-5,9-10,13H,6-8H2,1-2H3,(H,14,15). The minimum atomic E-state index is 0.434. The summed E-state index contributed by atoms with van der Waals surface area (Å²) < 4.78 is 0. The average molecular weight is 205 g/mol. The quantitative estimate of drug-likeness (QED) is 0.773. The number of pyridine rings is 1. The highest BCUT2D eigenvalue weighted by Gasteiger charge is 2.20. The lowest BCUT2D eigenvalue weighted by Crippen LogP contribution is -2.17. The van der Waals surface area contributed by atoms with Crippen LogP contribution in [0.3, 0.4) is 0 Å². The molecule has 0 radical (unpaired) electrons. The van der Waals surface area contributed by atoms with Crippen LogP contribution < -0.4 is 10.6 Å². The Labute approximate surface area is 91.3 Å². The first-order valence-electron chi connectivity index (χ1n) is 5.70. The normalized spacial score (nSPS) is 15.7. The van der Waals surface area contributed by atoms with Crippen LogP contribution in [0.1, 0.15) is 32.4 Å². The Morgan fingerprint density at radius 3 is 2.87 bits per heavy atom. The van der Waals surface area contributed by atoms with Gasteiger partial charge in [0.05, 0.1) is 5.69 Å². The SMILES string of the molecule is CC(C)Nc1cccc(CNC2CC2)n1. The van der Waals surface area contributed by atoms with Crippen molar-refractivity contribution in [2.45, 2.75) is 45.3 Å². The van der Waals surface area contributed by atoms with E-state index in [1.165, 1.54) is 12.8 Å². The van der Waals surface area contributed by atoms with Crippen LogP contribution in [-0.2, 0) is 6.54 Å². The molecule has 2 N–H and O–H groups in total. The van der Waals surface area contributed by atoms with Gasteiger partial charge in [-0.05, 0) is 38.8 Å². The van der Waals surface area contributed by atoms with Gasteiger partial charge in [0.25, 0.3) is 0 Å². The van der Waals surface area contributed by atoms with E-state index in [-0.39, 0.29) is 0 Å². The topological polar surface area (TPSA) is 37.0 Å². The van der Waals surface area contributed by atoms with Crippen LogP contribution in [0.4, 0.5) is 5.82 Å². The number of nitrogens with zero attached hydrogens (tertiary/aromatic N) is 1. The summed E-state index contributed by atoms with van der Waals surface area (Å²) >= 11 is 0. The molecule has 1 fully saturated rings. The Balaban J connectivity index is 1.91. The predicted molar refractivity (Wildman–Crippen MR) is 62.9 cm³/mol. The summed E-state index contributed by atoms with van der Waals surface area (Å²) in [4.78, 5) is 4.54. The van der Waals surface area contributed by atoms with Crippen molar-refractivity contribution < 1.29 is 0 Å². The maximum Gasteiger partial charge on any atom is 0.126 e. The summed E-state index contributed by atoms with van der Waals surface area (Å²) in [5.74, 6) is 0.972. The summed E-state index contributed by atoms with van der Waals surface area (Å²) in [7, 11) is 0. The zero-order valence-electron chi connectivity index (χ0n) is 9.46. The Bertz CT molecular complexity index is 318. The molecule has 3 nitrogen and oxygen atoms in total. The molecule has 0 spiro atoms. The summed E-state index contributed by atoms with van der Waals surface area (Å²) in [6.45, 7) is 5.13. The molecule has 0 aromatic carbocycles. The van der Waals surface area contributed by atoms with Crippen LogP contribution in [0, 0.1) is 0 Å². The van der Waals surface area contributed by atoms with Gasteiger partial charge in [0.15, 0.2) is 0 Å². The van der Waals surface area contributed by atoms with E-state index in [1.807, 2.05) is 6.07 Å². The zero-order valence-corrected chi connectivity index (χ0v) is 9.46. The van der Waals surface area contributed by atoms with E-state index in [9.17, 15) is 0 Å². The molecule has 0 bridgehead atoms. The number of hydrogen-bond donors (Lipinski definition) is 2. The molecule has 2 rings (SSSR count). The van der Waals surface area contributed by atoms with Crippen molar-refractivity contribution in [1.82, 2.24) is 10.3 Å². The molecule has 82 valence electrons. The lowest BCUT2D eigenvalue weighted by Gasteiger charge is -2.10. The number of anilines is 1. The van der Waals surface area contributed by atoms with Gasteiger partial charge in [-0.2, -0.15) is 0 Å². The fraction of sp³-hybridized carbons (Fsp3) is 0.583. The second-order valence-electron chi connectivity index (χ2n) is 4.47. The van der Waals surface area contributed by atoms with E-state index in [0.29, 0.717) is 6.04 Å². The van der Waals surface area contributed by atoms with Gasteiger partial charge in [0.1, 0.15) is 5.82 Å². The minimum absolute atomic E-state index is 0.434. The van der Waals surface area contributed by atoms with Gasteiger partial charge < -0.3 is 10.6 Å². The van der Waals surface area contributed by atoms with Gasteiger partial charge >= 0.3 is 0 Å². The smallest absolute Gasteiger partial charge is 0.126 e. The monoisotopic (exact) mass is 205 g/mol. The Morgan fingerprint density at radius 1 is 1.40 bits per heavy atom. The highest BCUT2D eigenvalue weighted by molar-refractivity contribution is 5.36. The van der Waals surface area contributed by atoms with Crippen molar-refractivity contribution in [2.75, 3.05) is 5.32 Å². The third kappa shape index (κ3) is 3.51. The molecule has 0 aliphatic heterocycles. The molecular weight excluding hydrogens is 186 g/mol. The molecule has 1 saturated carbocycles. The van der Waals surface area contributed by atoms with Gasteiger partial charge in [-0.1, -0.05) is 6.07 Å². The van der Waals surface area contributed by atoms with Crippen LogP contribution in [0.2, 0.25) is 0 Å². The van der Waals surface area contributed by atoms with Crippen LogP contribution in [0.15, 0.2) is 18.2 Å². The molecule has 1 aliphatic rings. The van der Waals surface area contributed by atoms with Gasteiger partial charge in [-0.25, -0.2) is 4.98 Å². The second-order valence-corrected chi connectivity index (χ2v) is 4.47.